The summed E-state index contributed by atoms with van der Waals surface area (Å²) in [5, 5.41) is 0. The van der Waals surface area contributed by atoms with Crippen LogP contribution in [0.1, 0.15) is 36.8 Å². The van der Waals surface area contributed by atoms with E-state index in [-0.39, 0.29) is 5.92 Å². The molecule has 20 heavy (non-hydrogen) atoms. The zero-order chi connectivity index (χ0) is 14.8. The normalized spacial score (nSPS) is 26.1. The number of hydrogen-bond donors (Lipinski definition) is 0. The Labute approximate surface area is 117 Å². The Morgan fingerprint density at radius 2 is 1.90 bits per heavy atom. The fourth-order valence-corrected chi connectivity index (χ4v) is 5.27. The fraction of sp³-hybridized carbons (Fsp3) is 0.467. The number of hydrogen-bond acceptors (Lipinski definition) is 1. The highest BCUT2D eigenvalue weighted by molar-refractivity contribution is 7.67. The number of unbranched alkanes of at least 4 members (excludes halogenated alkanes) is 1. The Morgan fingerprint density at radius 1 is 1.25 bits per heavy atom. The molecule has 0 saturated heterocycles. The minimum atomic E-state index is -4.31. The summed E-state index contributed by atoms with van der Waals surface area (Å²) in [5.41, 5.74) is 0.167. The molecule has 1 aromatic rings. The van der Waals surface area contributed by atoms with Crippen molar-refractivity contribution in [1.82, 2.24) is 0 Å². The summed E-state index contributed by atoms with van der Waals surface area (Å²) in [6.45, 7) is 2.05. The van der Waals surface area contributed by atoms with E-state index < -0.39 is 18.9 Å². The third-order valence-electron chi connectivity index (χ3n) is 3.65. The van der Waals surface area contributed by atoms with Crippen LogP contribution in [-0.4, -0.2) is 12.3 Å². The van der Waals surface area contributed by atoms with E-state index in [9.17, 15) is 17.7 Å². The molecule has 0 amide bonds. The summed E-state index contributed by atoms with van der Waals surface area (Å²) in [6.07, 6.45) is 0.777. The molecule has 0 radical (unpaired) electrons. The summed E-state index contributed by atoms with van der Waals surface area (Å²) in [7, 11) is -2.26. The van der Waals surface area contributed by atoms with Crippen LogP contribution < -0.4 is 0 Å². The Morgan fingerprint density at radius 3 is 2.45 bits per heavy atom. The molecule has 0 aromatic heterocycles. The molecule has 5 heteroatoms. The molecule has 0 spiro atoms. The summed E-state index contributed by atoms with van der Waals surface area (Å²) in [4.78, 5) is 0. The molecule has 1 heterocycles. The van der Waals surface area contributed by atoms with Crippen LogP contribution >= 0.6 is 7.14 Å². The third kappa shape index (κ3) is 3.54. The Balaban J connectivity index is 2.08. The summed E-state index contributed by atoms with van der Waals surface area (Å²) < 4.78 is 50.0. The number of benzene rings is 1. The van der Waals surface area contributed by atoms with Crippen LogP contribution in [0.3, 0.4) is 0 Å². The predicted molar refractivity (Wildman–Crippen MR) is 75.6 cm³/mol. The van der Waals surface area contributed by atoms with Crippen molar-refractivity contribution in [1.29, 1.82) is 0 Å². The van der Waals surface area contributed by atoms with Gasteiger partial charge in [0.25, 0.3) is 0 Å². The molecule has 2 atom stereocenters. The zero-order valence-electron chi connectivity index (χ0n) is 11.4. The second-order valence-corrected chi connectivity index (χ2v) is 8.30. The minimum absolute atomic E-state index is 0.0139. The van der Waals surface area contributed by atoms with Crippen molar-refractivity contribution >= 4 is 7.14 Å². The van der Waals surface area contributed by atoms with Gasteiger partial charge in [-0.1, -0.05) is 31.6 Å². The molecule has 0 N–H and O–H groups in total. The molecule has 1 aromatic carbocycles. The second kappa shape index (κ2) is 5.77. The van der Waals surface area contributed by atoms with E-state index in [0.717, 1.165) is 30.5 Å². The van der Waals surface area contributed by atoms with Crippen molar-refractivity contribution in [3.63, 3.8) is 0 Å². The van der Waals surface area contributed by atoms with Crippen LogP contribution in [-0.2, 0) is 10.7 Å². The molecule has 1 aliphatic rings. The molecule has 2 rings (SSSR count). The van der Waals surface area contributed by atoms with E-state index >= 15 is 0 Å². The maximum Gasteiger partial charge on any atom is 0.416 e. The Hall–Kier alpha value is -1.02. The Kier molecular flexibility index (Phi) is 4.43. The second-order valence-electron chi connectivity index (χ2n) is 5.28. The predicted octanol–water partition coefficient (Wildman–Crippen LogP) is 5.48. The van der Waals surface area contributed by atoms with Crippen molar-refractivity contribution in [2.24, 2.45) is 0 Å². The van der Waals surface area contributed by atoms with Gasteiger partial charge in [0.1, 0.15) is 7.14 Å². The summed E-state index contributed by atoms with van der Waals surface area (Å²) in [6, 6.07) is 5.18. The highest BCUT2D eigenvalue weighted by Gasteiger charge is 2.32. The average Bonchev–Trinajstić information content (AvgIpc) is 2.79. The van der Waals surface area contributed by atoms with Gasteiger partial charge in [0.05, 0.1) is 5.56 Å². The van der Waals surface area contributed by atoms with Gasteiger partial charge in [0.2, 0.25) is 0 Å². The van der Waals surface area contributed by atoms with Crippen molar-refractivity contribution in [3.05, 3.63) is 47.3 Å². The highest BCUT2D eigenvalue weighted by atomic mass is 31.2. The van der Waals surface area contributed by atoms with Crippen molar-refractivity contribution in [2.75, 3.05) is 12.3 Å². The zero-order valence-corrected chi connectivity index (χ0v) is 12.3. The van der Waals surface area contributed by atoms with Gasteiger partial charge in [-0.25, -0.2) is 0 Å². The maximum absolute atomic E-state index is 12.5. The Bertz CT molecular complexity index is 531. The van der Waals surface area contributed by atoms with Crippen LogP contribution in [0.4, 0.5) is 13.2 Å². The van der Waals surface area contributed by atoms with Gasteiger partial charge in [-0.2, -0.15) is 13.2 Å². The van der Waals surface area contributed by atoms with Crippen molar-refractivity contribution in [2.45, 2.75) is 31.9 Å². The number of halogens is 3. The first kappa shape index (κ1) is 15.4. The summed E-state index contributed by atoms with van der Waals surface area (Å²) >= 11 is 0. The molecule has 0 unspecified atom stereocenters. The van der Waals surface area contributed by atoms with E-state index in [2.05, 4.69) is 6.92 Å². The first-order valence-corrected chi connectivity index (χ1v) is 8.93. The fourth-order valence-electron chi connectivity index (χ4n) is 2.44. The van der Waals surface area contributed by atoms with E-state index in [1.807, 2.05) is 6.08 Å². The summed E-state index contributed by atoms with van der Waals surface area (Å²) in [5.74, 6) is 1.78. The number of allylic oxidation sites excluding steroid dienone is 1. The largest absolute Gasteiger partial charge is 0.416 e. The molecule has 1 aliphatic heterocycles. The third-order valence-corrected chi connectivity index (χ3v) is 6.45. The lowest BCUT2D eigenvalue weighted by Gasteiger charge is -2.14. The van der Waals surface area contributed by atoms with Gasteiger partial charge < -0.3 is 4.57 Å². The van der Waals surface area contributed by atoms with Crippen LogP contribution in [0.25, 0.3) is 0 Å². The van der Waals surface area contributed by atoms with Crippen LogP contribution in [0.5, 0.6) is 0 Å². The van der Waals surface area contributed by atoms with Gasteiger partial charge >= 0.3 is 6.18 Å². The van der Waals surface area contributed by atoms with Crippen LogP contribution in [0.2, 0.25) is 0 Å². The molecule has 110 valence electrons. The van der Waals surface area contributed by atoms with Crippen LogP contribution in [0.15, 0.2) is 36.2 Å². The van der Waals surface area contributed by atoms with E-state index in [0.29, 0.717) is 12.3 Å². The van der Waals surface area contributed by atoms with Crippen molar-refractivity contribution in [3.8, 4) is 0 Å². The monoisotopic (exact) mass is 302 g/mol. The van der Waals surface area contributed by atoms with E-state index in [4.69, 9.17) is 0 Å². The quantitative estimate of drug-likeness (QED) is 0.673. The smallest absolute Gasteiger partial charge is 0.319 e. The average molecular weight is 302 g/mol. The SMILES string of the molecule is CCCC[P@@]1(=O)C=C[C@H](c2ccc(C(F)(F)F)cc2)C1. The lowest BCUT2D eigenvalue weighted by Crippen LogP contribution is -2.05. The molecule has 0 saturated carbocycles. The van der Waals surface area contributed by atoms with E-state index in [1.165, 1.54) is 12.1 Å². The van der Waals surface area contributed by atoms with Gasteiger partial charge in [-0.3, -0.25) is 0 Å². The molecule has 0 aliphatic carbocycles. The molecular formula is C15H18F3OP. The van der Waals surface area contributed by atoms with Gasteiger partial charge in [0.15, 0.2) is 0 Å². The maximum atomic E-state index is 12.5. The van der Waals surface area contributed by atoms with Crippen LogP contribution in [0, 0.1) is 0 Å². The lowest BCUT2D eigenvalue weighted by atomic mass is 10.00. The highest BCUT2D eigenvalue weighted by Crippen LogP contribution is 2.56. The van der Waals surface area contributed by atoms with Gasteiger partial charge in [-0.15, -0.1) is 0 Å². The molecule has 1 nitrogen and oxygen atoms in total. The first-order valence-electron chi connectivity index (χ1n) is 6.78. The number of rotatable bonds is 4. The van der Waals surface area contributed by atoms with E-state index in [1.54, 1.807) is 5.82 Å². The van der Waals surface area contributed by atoms with Gasteiger partial charge in [-0.05, 0) is 29.9 Å². The number of alkyl halides is 3. The van der Waals surface area contributed by atoms with Crippen molar-refractivity contribution < 1.29 is 17.7 Å². The molecule has 0 bridgehead atoms. The van der Waals surface area contributed by atoms with Gasteiger partial charge in [0, 0.05) is 18.2 Å². The molecular weight excluding hydrogens is 284 g/mol. The lowest BCUT2D eigenvalue weighted by molar-refractivity contribution is -0.137. The molecule has 0 fully saturated rings. The standard InChI is InChI=1S/C15H18F3OP/c1-2-3-9-20(19)10-8-13(11-20)12-4-6-14(7-5-12)15(16,17)18/h4-8,10,13H,2-3,9,11H2,1H3/t13-,20+/m0/s1. The topological polar surface area (TPSA) is 17.1 Å². The first-order chi connectivity index (χ1) is 9.34. The minimum Gasteiger partial charge on any atom is -0.319 e.